The van der Waals surface area contributed by atoms with E-state index in [0.717, 1.165) is 19.4 Å². The molecule has 0 radical (unpaired) electrons. The van der Waals surface area contributed by atoms with E-state index in [2.05, 4.69) is 20.6 Å². The van der Waals surface area contributed by atoms with Crippen molar-refractivity contribution < 1.29 is 14.3 Å². The van der Waals surface area contributed by atoms with Gasteiger partial charge >= 0.3 is 0 Å². The van der Waals surface area contributed by atoms with Crippen LogP contribution in [0.1, 0.15) is 46.4 Å². The summed E-state index contributed by atoms with van der Waals surface area (Å²) in [5.41, 5.74) is 1.36. The van der Waals surface area contributed by atoms with E-state index in [1.165, 1.54) is 6.92 Å². The number of aromatic nitrogens is 2. The van der Waals surface area contributed by atoms with Crippen LogP contribution in [-0.4, -0.2) is 40.9 Å². The van der Waals surface area contributed by atoms with Gasteiger partial charge in [-0.15, -0.1) is 0 Å². The van der Waals surface area contributed by atoms with Crippen molar-refractivity contribution in [2.24, 2.45) is 0 Å². The molecule has 0 spiro atoms. The van der Waals surface area contributed by atoms with Gasteiger partial charge in [-0.05, 0) is 38.8 Å². The van der Waals surface area contributed by atoms with Crippen molar-refractivity contribution >= 4 is 23.2 Å². The van der Waals surface area contributed by atoms with E-state index >= 15 is 0 Å². The Morgan fingerprint density at radius 1 is 1.27 bits per heavy atom. The molecule has 1 aliphatic heterocycles. The first kappa shape index (κ1) is 18.0. The predicted octanol–water partition coefficient (Wildman–Crippen LogP) is 2.83. The Bertz CT molecular complexity index is 816. The highest BCUT2D eigenvalue weighted by Crippen LogP contribution is 2.15. The number of hydrogen-bond acceptors (Lipinski definition) is 6. The molecule has 1 unspecified atom stereocenters. The Kier molecular flexibility index (Phi) is 5.58. The van der Waals surface area contributed by atoms with Gasteiger partial charge < -0.3 is 15.4 Å². The quantitative estimate of drug-likeness (QED) is 0.775. The first-order valence-corrected chi connectivity index (χ1v) is 8.65. The molecule has 2 heterocycles. The molecule has 1 aliphatic rings. The maximum Gasteiger partial charge on any atom is 0.274 e. The molecular formula is C19H22N4O3. The molecule has 26 heavy (non-hydrogen) atoms. The number of ketones is 1. The van der Waals surface area contributed by atoms with Crippen LogP contribution < -0.4 is 10.6 Å². The average molecular weight is 354 g/mol. The fraction of sp³-hybridized carbons (Fsp3) is 0.368. The van der Waals surface area contributed by atoms with Crippen LogP contribution in [0, 0.1) is 6.92 Å². The van der Waals surface area contributed by atoms with Crippen LogP contribution in [0.5, 0.6) is 0 Å². The zero-order chi connectivity index (χ0) is 18.5. The Morgan fingerprint density at radius 3 is 2.85 bits per heavy atom. The minimum absolute atomic E-state index is 0.0559. The van der Waals surface area contributed by atoms with E-state index in [1.54, 1.807) is 37.3 Å². The molecule has 1 aromatic heterocycles. The van der Waals surface area contributed by atoms with Crippen LogP contribution in [-0.2, 0) is 4.74 Å². The summed E-state index contributed by atoms with van der Waals surface area (Å²) in [6, 6.07) is 8.43. The van der Waals surface area contributed by atoms with Gasteiger partial charge in [0.25, 0.3) is 5.91 Å². The molecule has 7 heteroatoms. The number of aryl methyl sites for hydroxylation is 1. The number of anilines is 2. The third-order valence-corrected chi connectivity index (χ3v) is 4.13. The molecule has 0 aliphatic carbocycles. The Balaban J connectivity index is 1.70. The van der Waals surface area contributed by atoms with Crippen molar-refractivity contribution in [3.8, 4) is 0 Å². The van der Waals surface area contributed by atoms with E-state index in [4.69, 9.17) is 4.74 Å². The summed E-state index contributed by atoms with van der Waals surface area (Å²) in [5, 5.41) is 5.98. The van der Waals surface area contributed by atoms with Crippen LogP contribution in [0.15, 0.2) is 30.3 Å². The second-order valence-corrected chi connectivity index (χ2v) is 6.29. The minimum atomic E-state index is -0.351. The summed E-state index contributed by atoms with van der Waals surface area (Å²) in [5.74, 6) is 0.691. The van der Waals surface area contributed by atoms with Gasteiger partial charge in [0.15, 0.2) is 5.78 Å². The molecule has 1 saturated heterocycles. The number of Topliss-reactive ketones (excluding diaryl/α,β-unsaturated/α-hetero) is 1. The van der Waals surface area contributed by atoms with Gasteiger partial charge in [0.1, 0.15) is 17.3 Å². The summed E-state index contributed by atoms with van der Waals surface area (Å²) in [7, 11) is 0. The van der Waals surface area contributed by atoms with Gasteiger partial charge in [0.05, 0.1) is 6.10 Å². The number of hydrogen-bond donors (Lipinski definition) is 2. The largest absolute Gasteiger partial charge is 0.376 e. The maximum atomic E-state index is 12.5. The second-order valence-electron chi connectivity index (χ2n) is 6.29. The van der Waals surface area contributed by atoms with Crippen molar-refractivity contribution in [2.45, 2.75) is 32.8 Å². The molecule has 2 aromatic rings. The monoisotopic (exact) mass is 354 g/mol. The van der Waals surface area contributed by atoms with Crippen molar-refractivity contribution in [1.29, 1.82) is 0 Å². The number of carbonyl (C=O) groups is 2. The number of carbonyl (C=O) groups excluding carboxylic acids is 2. The van der Waals surface area contributed by atoms with Crippen LogP contribution in [0.25, 0.3) is 0 Å². The minimum Gasteiger partial charge on any atom is -0.376 e. The first-order valence-electron chi connectivity index (χ1n) is 8.65. The number of benzene rings is 1. The molecule has 136 valence electrons. The first-order chi connectivity index (χ1) is 12.5. The van der Waals surface area contributed by atoms with E-state index in [-0.39, 0.29) is 23.5 Å². The number of nitrogens with zero attached hydrogens (tertiary/aromatic N) is 2. The fourth-order valence-electron chi connectivity index (χ4n) is 2.81. The smallest absolute Gasteiger partial charge is 0.274 e. The Hall–Kier alpha value is -2.80. The van der Waals surface area contributed by atoms with Gasteiger partial charge in [-0.25, -0.2) is 9.97 Å². The summed E-state index contributed by atoms with van der Waals surface area (Å²) in [6.07, 6.45) is 2.27. The molecule has 7 nitrogen and oxygen atoms in total. The van der Waals surface area contributed by atoms with Crippen molar-refractivity contribution in [3.63, 3.8) is 0 Å². The van der Waals surface area contributed by atoms with Crippen LogP contribution in [0.3, 0.4) is 0 Å². The highest BCUT2D eigenvalue weighted by Gasteiger charge is 2.16. The lowest BCUT2D eigenvalue weighted by Gasteiger charge is -2.12. The van der Waals surface area contributed by atoms with Crippen molar-refractivity contribution in [1.82, 2.24) is 9.97 Å². The molecule has 0 saturated carbocycles. The third kappa shape index (κ3) is 4.64. The molecule has 1 amide bonds. The zero-order valence-corrected chi connectivity index (χ0v) is 14.9. The highest BCUT2D eigenvalue weighted by molar-refractivity contribution is 6.04. The van der Waals surface area contributed by atoms with Gasteiger partial charge in [0.2, 0.25) is 0 Å². The summed E-state index contributed by atoms with van der Waals surface area (Å²) >= 11 is 0. The molecule has 3 rings (SSSR count). The second kappa shape index (κ2) is 8.05. The summed E-state index contributed by atoms with van der Waals surface area (Å²) < 4.78 is 5.58. The van der Waals surface area contributed by atoms with E-state index in [1.807, 2.05) is 0 Å². The van der Waals surface area contributed by atoms with Crippen LogP contribution in [0.4, 0.5) is 11.5 Å². The summed E-state index contributed by atoms with van der Waals surface area (Å²) in [6.45, 7) is 4.67. The van der Waals surface area contributed by atoms with E-state index in [9.17, 15) is 9.59 Å². The normalized spacial score (nSPS) is 16.3. The highest BCUT2D eigenvalue weighted by atomic mass is 16.5. The number of nitrogens with one attached hydrogen (secondary N) is 2. The van der Waals surface area contributed by atoms with Crippen molar-refractivity contribution in [2.75, 3.05) is 23.8 Å². The lowest BCUT2D eigenvalue weighted by atomic mass is 10.1. The molecule has 1 aromatic carbocycles. The standard InChI is InChI=1S/C19H22N4O3/c1-12(24)14-5-3-6-15(9-14)23-19(25)17-10-18(22-13(2)21-17)20-11-16-7-4-8-26-16/h3,5-6,9-10,16H,4,7-8,11H2,1-2H3,(H,23,25)(H,20,21,22). The lowest BCUT2D eigenvalue weighted by molar-refractivity contribution is 0.100. The van der Waals surface area contributed by atoms with Crippen molar-refractivity contribution in [3.05, 3.63) is 47.4 Å². The van der Waals surface area contributed by atoms with Gasteiger partial charge in [-0.1, -0.05) is 12.1 Å². The van der Waals surface area contributed by atoms with E-state index < -0.39 is 0 Å². The van der Waals surface area contributed by atoms with Gasteiger partial charge in [-0.2, -0.15) is 0 Å². The predicted molar refractivity (Wildman–Crippen MR) is 98.6 cm³/mol. The van der Waals surface area contributed by atoms with Gasteiger partial charge in [0, 0.05) is 30.5 Å². The van der Waals surface area contributed by atoms with Crippen LogP contribution in [0.2, 0.25) is 0 Å². The fourth-order valence-corrected chi connectivity index (χ4v) is 2.81. The lowest BCUT2D eigenvalue weighted by Crippen LogP contribution is -2.20. The maximum absolute atomic E-state index is 12.5. The average Bonchev–Trinajstić information content (AvgIpc) is 3.13. The molecule has 2 N–H and O–H groups in total. The third-order valence-electron chi connectivity index (χ3n) is 4.13. The number of amides is 1. The topological polar surface area (TPSA) is 93.2 Å². The SMILES string of the molecule is CC(=O)c1cccc(NC(=O)c2cc(NCC3CCCO3)nc(C)n2)c1. The molecular weight excluding hydrogens is 332 g/mol. The molecule has 0 bridgehead atoms. The summed E-state index contributed by atoms with van der Waals surface area (Å²) in [4.78, 5) is 32.5. The Morgan fingerprint density at radius 2 is 2.12 bits per heavy atom. The number of rotatable bonds is 6. The molecule has 1 atom stereocenters. The van der Waals surface area contributed by atoms with Crippen LogP contribution >= 0.6 is 0 Å². The Labute approximate surface area is 152 Å². The number of ether oxygens (including phenoxy) is 1. The zero-order valence-electron chi connectivity index (χ0n) is 14.9. The molecule has 1 fully saturated rings. The van der Waals surface area contributed by atoms with Gasteiger partial charge in [-0.3, -0.25) is 9.59 Å². The van der Waals surface area contributed by atoms with E-state index in [0.29, 0.717) is 29.4 Å².